The quantitative estimate of drug-likeness (QED) is 0.776. The van der Waals surface area contributed by atoms with Crippen molar-refractivity contribution in [1.29, 1.82) is 0 Å². The highest BCUT2D eigenvalue weighted by atomic mass is 35.5. The fourth-order valence-corrected chi connectivity index (χ4v) is 2.84. The molecule has 0 amide bonds. The fourth-order valence-electron chi connectivity index (χ4n) is 2.01. The van der Waals surface area contributed by atoms with Crippen LogP contribution in [0.1, 0.15) is 12.8 Å². The molecule has 0 radical (unpaired) electrons. The minimum atomic E-state index is -3.10. The third-order valence-electron chi connectivity index (χ3n) is 3.05. The summed E-state index contributed by atoms with van der Waals surface area (Å²) in [5.74, 6) is 0. The second kappa shape index (κ2) is 4.86. The highest BCUT2D eigenvalue weighted by Crippen LogP contribution is 2.23. The van der Waals surface area contributed by atoms with Crippen molar-refractivity contribution in [3.8, 4) is 0 Å². The van der Waals surface area contributed by atoms with Gasteiger partial charge in [-0.15, -0.1) is 11.6 Å². The summed E-state index contributed by atoms with van der Waals surface area (Å²) >= 11 is 6.05. The number of rotatable bonds is 2. The van der Waals surface area contributed by atoms with E-state index in [1.54, 1.807) is 12.1 Å². The first kappa shape index (κ1) is 12.7. The van der Waals surface area contributed by atoms with E-state index in [9.17, 15) is 8.42 Å². The summed E-state index contributed by atoms with van der Waals surface area (Å²) in [6, 6.07) is 7.06. The van der Waals surface area contributed by atoms with E-state index in [4.69, 9.17) is 11.6 Å². The minimum absolute atomic E-state index is 0.279. The van der Waals surface area contributed by atoms with Crippen molar-refractivity contribution in [2.45, 2.75) is 23.1 Å². The molecule has 0 aromatic heterocycles. The molecule has 1 aliphatic rings. The Morgan fingerprint density at radius 1 is 1.18 bits per heavy atom. The summed E-state index contributed by atoms with van der Waals surface area (Å²) in [5, 5.41) is 0.279. The van der Waals surface area contributed by atoms with E-state index in [1.165, 1.54) is 6.26 Å². The van der Waals surface area contributed by atoms with Gasteiger partial charge in [-0.2, -0.15) is 0 Å². The van der Waals surface area contributed by atoms with Gasteiger partial charge >= 0.3 is 0 Å². The van der Waals surface area contributed by atoms with Crippen LogP contribution >= 0.6 is 11.6 Å². The second-order valence-electron chi connectivity index (χ2n) is 4.43. The molecule has 0 saturated carbocycles. The Balaban J connectivity index is 2.13. The summed E-state index contributed by atoms with van der Waals surface area (Å²) < 4.78 is 22.7. The van der Waals surface area contributed by atoms with Gasteiger partial charge in [-0.1, -0.05) is 0 Å². The Kier molecular flexibility index (Phi) is 3.64. The average Bonchev–Trinajstić information content (AvgIpc) is 2.29. The van der Waals surface area contributed by atoms with Crippen LogP contribution in [0, 0.1) is 0 Å². The molecule has 0 N–H and O–H groups in total. The Morgan fingerprint density at radius 2 is 1.71 bits per heavy atom. The number of alkyl halides is 1. The minimum Gasteiger partial charge on any atom is -0.371 e. The number of halogens is 1. The number of hydrogen-bond acceptors (Lipinski definition) is 3. The molecule has 1 fully saturated rings. The van der Waals surface area contributed by atoms with Crippen molar-refractivity contribution >= 4 is 27.1 Å². The van der Waals surface area contributed by atoms with E-state index in [0.717, 1.165) is 31.6 Å². The van der Waals surface area contributed by atoms with Gasteiger partial charge in [0.1, 0.15) is 0 Å². The molecule has 1 saturated heterocycles. The monoisotopic (exact) mass is 273 g/mol. The van der Waals surface area contributed by atoms with Gasteiger partial charge in [-0.05, 0) is 37.1 Å². The molecule has 1 aromatic carbocycles. The number of sulfone groups is 1. The van der Waals surface area contributed by atoms with Crippen LogP contribution in [0.3, 0.4) is 0 Å². The first-order chi connectivity index (χ1) is 7.97. The molecule has 0 spiro atoms. The lowest BCUT2D eigenvalue weighted by Gasteiger charge is -2.31. The van der Waals surface area contributed by atoms with E-state index in [-0.39, 0.29) is 5.38 Å². The summed E-state index contributed by atoms with van der Waals surface area (Å²) in [4.78, 5) is 2.61. The normalized spacial score (nSPS) is 18.4. The molecule has 0 unspecified atom stereocenters. The van der Waals surface area contributed by atoms with Gasteiger partial charge in [0.25, 0.3) is 0 Å². The summed E-state index contributed by atoms with van der Waals surface area (Å²) in [6.45, 7) is 1.87. The van der Waals surface area contributed by atoms with Gasteiger partial charge in [-0.3, -0.25) is 0 Å². The zero-order valence-electron chi connectivity index (χ0n) is 9.77. The van der Waals surface area contributed by atoms with Crippen molar-refractivity contribution in [3.63, 3.8) is 0 Å². The van der Waals surface area contributed by atoms with Crippen molar-refractivity contribution in [1.82, 2.24) is 0 Å². The summed E-state index contributed by atoms with van der Waals surface area (Å²) in [7, 11) is -3.10. The maximum atomic E-state index is 11.3. The molecular weight excluding hydrogens is 258 g/mol. The lowest BCUT2D eigenvalue weighted by molar-refractivity contribution is 0.584. The molecule has 17 heavy (non-hydrogen) atoms. The summed E-state index contributed by atoms with van der Waals surface area (Å²) in [6.07, 6.45) is 3.19. The van der Waals surface area contributed by atoms with Crippen LogP contribution in [-0.4, -0.2) is 33.1 Å². The first-order valence-electron chi connectivity index (χ1n) is 5.66. The molecule has 0 bridgehead atoms. The average molecular weight is 274 g/mol. The van der Waals surface area contributed by atoms with Crippen LogP contribution in [-0.2, 0) is 9.84 Å². The Hall–Kier alpha value is -0.740. The van der Waals surface area contributed by atoms with E-state index in [1.807, 2.05) is 12.1 Å². The third-order valence-corrected chi connectivity index (χ3v) is 4.62. The zero-order valence-corrected chi connectivity index (χ0v) is 11.3. The van der Waals surface area contributed by atoms with Crippen LogP contribution in [0.2, 0.25) is 0 Å². The predicted molar refractivity (Wildman–Crippen MR) is 70.6 cm³/mol. The van der Waals surface area contributed by atoms with Crippen LogP contribution < -0.4 is 4.90 Å². The molecule has 1 aromatic rings. The molecular formula is C12H16ClNO2S. The molecule has 94 valence electrons. The van der Waals surface area contributed by atoms with E-state index < -0.39 is 9.84 Å². The largest absolute Gasteiger partial charge is 0.371 e. The van der Waals surface area contributed by atoms with Gasteiger partial charge in [0.2, 0.25) is 0 Å². The first-order valence-corrected chi connectivity index (χ1v) is 7.99. The van der Waals surface area contributed by atoms with Gasteiger partial charge in [-0.25, -0.2) is 8.42 Å². The molecule has 1 heterocycles. The molecule has 1 aliphatic heterocycles. The summed E-state index contributed by atoms with van der Waals surface area (Å²) in [5.41, 5.74) is 1.07. The smallest absolute Gasteiger partial charge is 0.175 e. The van der Waals surface area contributed by atoms with Gasteiger partial charge < -0.3 is 4.90 Å². The van der Waals surface area contributed by atoms with Crippen LogP contribution in [0.5, 0.6) is 0 Å². The third kappa shape index (κ3) is 3.13. The predicted octanol–water partition coefficient (Wildman–Crippen LogP) is 2.30. The molecule has 0 atom stereocenters. The van der Waals surface area contributed by atoms with Crippen LogP contribution in [0.25, 0.3) is 0 Å². The van der Waals surface area contributed by atoms with E-state index >= 15 is 0 Å². The number of hydrogen-bond donors (Lipinski definition) is 0. The maximum absolute atomic E-state index is 11.3. The number of benzene rings is 1. The van der Waals surface area contributed by atoms with E-state index in [0.29, 0.717) is 4.90 Å². The Bertz CT molecular complexity index is 476. The van der Waals surface area contributed by atoms with Crippen molar-refractivity contribution in [2.75, 3.05) is 24.2 Å². The topological polar surface area (TPSA) is 37.4 Å². The van der Waals surface area contributed by atoms with Crippen molar-refractivity contribution in [2.24, 2.45) is 0 Å². The molecule has 5 heteroatoms. The SMILES string of the molecule is CS(=O)(=O)c1ccc(N2CCC(Cl)CC2)cc1. The number of anilines is 1. The van der Waals surface area contributed by atoms with Crippen LogP contribution in [0.15, 0.2) is 29.2 Å². The second-order valence-corrected chi connectivity index (χ2v) is 7.06. The van der Waals surface area contributed by atoms with Gasteiger partial charge in [0.15, 0.2) is 9.84 Å². The zero-order chi connectivity index (χ0) is 12.5. The van der Waals surface area contributed by atoms with E-state index in [2.05, 4.69) is 4.90 Å². The van der Waals surface area contributed by atoms with Crippen LogP contribution in [0.4, 0.5) is 5.69 Å². The standard InChI is InChI=1S/C12H16ClNO2S/c1-17(15,16)12-4-2-11(3-5-12)14-8-6-10(13)7-9-14/h2-5,10H,6-9H2,1H3. The highest BCUT2D eigenvalue weighted by Gasteiger charge is 2.17. The highest BCUT2D eigenvalue weighted by molar-refractivity contribution is 7.90. The van der Waals surface area contributed by atoms with Gasteiger partial charge in [0, 0.05) is 30.4 Å². The molecule has 3 nitrogen and oxygen atoms in total. The number of piperidine rings is 1. The van der Waals surface area contributed by atoms with Crippen molar-refractivity contribution < 1.29 is 8.42 Å². The van der Waals surface area contributed by atoms with Crippen molar-refractivity contribution in [3.05, 3.63) is 24.3 Å². The lowest BCUT2D eigenvalue weighted by atomic mass is 10.1. The lowest BCUT2D eigenvalue weighted by Crippen LogP contribution is -2.33. The maximum Gasteiger partial charge on any atom is 0.175 e. The fraction of sp³-hybridized carbons (Fsp3) is 0.500. The Labute approximate surface area is 107 Å². The number of nitrogens with zero attached hydrogens (tertiary/aromatic N) is 1. The molecule has 0 aliphatic carbocycles. The molecule has 2 rings (SSSR count). The van der Waals surface area contributed by atoms with Gasteiger partial charge in [0.05, 0.1) is 4.90 Å². The Morgan fingerprint density at radius 3 is 2.18 bits per heavy atom.